The van der Waals surface area contributed by atoms with Crippen molar-refractivity contribution in [2.75, 3.05) is 13.2 Å². The number of hydrogen-bond donors (Lipinski definition) is 0. The first-order valence-electron chi connectivity index (χ1n) is 34.2. The maximum absolute atomic E-state index is 12.9. The van der Waals surface area contributed by atoms with Gasteiger partial charge in [0.15, 0.2) is 6.10 Å². The Hall–Kier alpha value is -1.85. The van der Waals surface area contributed by atoms with Gasteiger partial charge in [0.1, 0.15) is 13.2 Å². The molecule has 444 valence electrons. The van der Waals surface area contributed by atoms with E-state index in [4.69, 9.17) is 14.2 Å². The van der Waals surface area contributed by atoms with Crippen molar-refractivity contribution in [1.82, 2.24) is 0 Å². The number of allylic oxidation sites excluding steroid dienone is 2. The zero-order valence-electron chi connectivity index (χ0n) is 51.1. The van der Waals surface area contributed by atoms with Crippen LogP contribution in [0.3, 0.4) is 0 Å². The van der Waals surface area contributed by atoms with Gasteiger partial charge in [-0.15, -0.1) is 0 Å². The lowest BCUT2D eigenvalue weighted by atomic mass is 10.0. The number of esters is 3. The summed E-state index contributed by atoms with van der Waals surface area (Å²) in [6.07, 6.45) is 76.6. The van der Waals surface area contributed by atoms with Gasteiger partial charge in [-0.05, 0) is 44.9 Å². The Morgan fingerprint density at radius 3 is 0.667 bits per heavy atom. The predicted molar refractivity (Wildman–Crippen MR) is 326 cm³/mol. The first-order valence-corrected chi connectivity index (χ1v) is 34.2. The highest BCUT2D eigenvalue weighted by Crippen LogP contribution is 2.19. The van der Waals surface area contributed by atoms with Crippen LogP contribution >= 0.6 is 0 Å². The summed E-state index contributed by atoms with van der Waals surface area (Å²) in [6, 6.07) is 0. The van der Waals surface area contributed by atoms with E-state index in [1.807, 2.05) is 0 Å². The van der Waals surface area contributed by atoms with Crippen LogP contribution in [0.25, 0.3) is 0 Å². The highest BCUT2D eigenvalue weighted by atomic mass is 16.6. The average Bonchev–Trinajstić information content (AvgIpc) is 3.41. The minimum absolute atomic E-state index is 0.0623. The summed E-state index contributed by atoms with van der Waals surface area (Å²) in [5, 5.41) is 0. The van der Waals surface area contributed by atoms with E-state index in [1.54, 1.807) is 0 Å². The fourth-order valence-electron chi connectivity index (χ4n) is 10.6. The fraction of sp³-hybridized carbons (Fsp3) is 0.928. The van der Waals surface area contributed by atoms with Crippen LogP contribution in [0.2, 0.25) is 0 Å². The normalized spacial score (nSPS) is 12.0. The van der Waals surface area contributed by atoms with Crippen LogP contribution < -0.4 is 0 Å². The van der Waals surface area contributed by atoms with Gasteiger partial charge >= 0.3 is 17.9 Å². The molecule has 0 aromatic carbocycles. The second-order valence-electron chi connectivity index (χ2n) is 23.5. The molecule has 0 radical (unpaired) electrons. The van der Waals surface area contributed by atoms with Gasteiger partial charge < -0.3 is 14.2 Å². The van der Waals surface area contributed by atoms with Gasteiger partial charge in [0, 0.05) is 19.3 Å². The Morgan fingerprint density at radius 2 is 0.440 bits per heavy atom. The van der Waals surface area contributed by atoms with E-state index >= 15 is 0 Å². The summed E-state index contributed by atoms with van der Waals surface area (Å²) in [5.74, 6) is -0.828. The van der Waals surface area contributed by atoms with Gasteiger partial charge in [0.05, 0.1) is 0 Å². The Kier molecular flexibility index (Phi) is 63.1. The molecule has 0 aliphatic carbocycles. The van der Waals surface area contributed by atoms with Crippen LogP contribution in [0, 0.1) is 0 Å². The molecule has 0 saturated carbocycles. The van der Waals surface area contributed by atoms with Crippen LogP contribution in [-0.4, -0.2) is 37.2 Å². The van der Waals surface area contributed by atoms with Crippen molar-refractivity contribution < 1.29 is 28.6 Å². The third kappa shape index (κ3) is 62.9. The maximum atomic E-state index is 12.9. The number of carbonyl (C=O) groups excluding carboxylic acids is 3. The SMILES string of the molecule is CCCCCCCCCC/C=C\CCCCCCCCCCCCCCCCCC(=O)OCC(COC(=O)CCCCCCCCCCCCCCCC)OC(=O)CCCCCCCCCCCCCCCCCC. The van der Waals surface area contributed by atoms with Crippen LogP contribution in [-0.2, 0) is 28.6 Å². The van der Waals surface area contributed by atoms with Crippen molar-refractivity contribution in [2.24, 2.45) is 0 Å². The quantitative estimate of drug-likeness (QED) is 0.0261. The van der Waals surface area contributed by atoms with Gasteiger partial charge in [-0.2, -0.15) is 0 Å². The summed E-state index contributed by atoms with van der Waals surface area (Å²) >= 11 is 0. The third-order valence-electron chi connectivity index (χ3n) is 15.8. The van der Waals surface area contributed by atoms with Crippen molar-refractivity contribution in [2.45, 2.75) is 399 Å². The molecule has 0 aromatic heterocycles. The molecule has 75 heavy (non-hydrogen) atoms. The predicted octanol–water partition coefficient (Wildman–Crippen LogP) is 23.2. The van der Waals surface area contributed by atoms with E-state index in [0.29, 0.717) is 19.3 Å². The van der Waals surface area contributed by atoms with Crippen molar-refractivity contribution in [3.63, 3.8) is 0 Å². The lowest BCUT2D eigenvalue weighted by Crippen LogP contribution is -2.30. The standard InChI is InChI=1S/C69H132O6/c1-4-7-10-13-16-19-22-25-28-30-31-32-33-34-35-36-37-38-39-40-42-44-47-50-53-56-59-62-68(71)74-65-66(64-73-67(70)61-58-55-52-49-46-43-27-24-21-18-15-12-9-6-3)75-69(72)63-60-57-54-51-48-45-41-29-26-23-20-17-14-11-8-5-2/h30-31,66H,4-29,32-65H2,1-3H3/b31-30-. The minimum atomic E-state index is -0.764. The van der Waals surface area contributed by atoms with Gasteiger partial charge in [0.2, 0.25) is 0 Å². The monoisotopic (exact) mass is 1060 g/mol. The molecule has 0 rings (SSSR count). The number of unbranched alkanes of at least 4 members (excludes halogenated alkanes) is 51. The van der Waals surface area contributed by atoms with Crippen LogP contribution in [0.4, 0.5) is 0 Å². The zero-order chi connectivity index (χ0) is 54.3. The molecule has 0 heterocycles. The molecule has 1 atom stereocenters. The number of rotatable bonds is 64. The summed E-state index contributed by atoms with van der Waals surface area (Å²) in [7, 11) is 0. The highest BCUT2D eigenvalue weighted by molar-refractivity contribution is 5.71. The summed E-state index contributed by atoms with van der Waals surface area (Å²) < 4.78 is 17.0. The van der Waals surface area contributed by atoms with E-state index in [9.17, 15) is 14.4 Å². The number of ether oxygens (including phenoxy) is 3. The largest absolute Gasteiger partial charge is 0.462 e. The van der Waals surface area contributed by atoms with Crippen LogP contribution in [0.1, 0.15) is 393 Å². The molecule has 0 spiro atoms. The van der Waals surface area contributed by atoms with E-state index in [1.165, 1.54) is 295 Å². The molecular formula is C69H132O6. The molecule has 1 unspecified atom stereocenters. The molecule has 0 fully saturated rings. The Morgan fingerprint density at radius 1 is 0.253 bits per heavy atom. The maximum Gasteiger partial charge on any atom is 0.306 e. The smallest absolute Gasteiger partial charge is 0.306 e. The van der Waals surface area contributed by atoms with Crippen molar-refractivity contribution in [3.05, 3.63) is 12.2 Å². The topological polar surface area (TPSA) is 78.9 Å². The molecule has 0 aromatic rings. The Bertz CT molecular complexity index is 1170. The molecule has 0 bridgehead atoms. The Balaban J connectivity index is 4.18. The van der Waals surface area contributed by atoms with Gasteiger partial charge in [-0.3, -0.25) is 14.4 Å². The lowest BCUT2D eigenvalue weighted by Gasteiger charge is -2.18. The minimum Gasteiger partial charge on any atom is -0.462 e. The van der Waals surface area contributed by atoms with E-state index in [2.05, 4.69) is 32.9 Å². The van der Waals surface area contributed by atoms with Crippen molar-refractivity contribution in [1.29, 1.82) is 0 Å². The third-order valence-corrected chi connectivity index (χ3v) is 15.8. The molecule has 0 saturated heterocycles. The lowest BCUT2D eigenvalue weighted by molar-refractivity contribution is -0.167. The van der Waals surface area contributed by atoms with E-state index in [-0.39, 0.29) is 31.1 Å². The molecule has 0 amide bonds. The second kappa shape index (κ2) is 64.7. The zero-order valence-corrected chi connectivity index (χ0v) is 51.1. The van der Waals surface area contributed by atoms with Gasteiger partial charge in [-0.25, -0.2) is 0 Å². The molecule has 0 N–H and O–H groups in total. The number of carbonyl (C=O) groups is 3. The second-order valence-corrected chi connectivity index (χ2v) is 23.5. The van der Waals surface area contributed by atoms with E-state index < -0.39 is 6.10 Å². The molecule has 0 aliphatic rings. The highest BCUT2D eigenvalue weighted by Gasteiger charge is 2.19. The molecule has 0 aliphatic heterocycles. The first-order chi connectivity index (χ1) is 37.0. The first kappa shape index (κ1) is 73.2. The molecule has 6 heteroatoms. The van der Waals surface area contributed by atoms with Crippen LogP contribution in [0.5, 0.6) is 0 Å². The van der Waals surface area contributed by atoms with Gasteiger partial charge in [-0.1, -0.05) is 341 Å². The average molecular weight is 1060 g/mol. The molecule has 6 nitrogen and oxygen atoms in total. The van der Waals surface area contributed by atoms with Crippen molar-refractivity contribution in [3.8, 4) is 0 Å². The van der Waals surface area contributed by atoms with Gasteiger partial charge in [0.25, 0.3) is 0 Å². The Labute approximate surface area is 469 Å². The summed E-state index contributed by atoms with van der Waals surface area (Å²) in [5.41, 5.74) is 0. The van der Waals surface area contributed by atoms with E-state index in [0.717, 1.165) is 57.8 Å². The van der Waals surface area contributed by atoms with Crippen molar-refractivity contribution >= 4 is 17.9 Å². The summed E-state index contributed by atoms with van der Waals surface area (Å²) in [4.78, 5) is 38.3. The summed E-state index contributed by atoms with van der Waals surface area (Å²) in [6.45, 7) is 6.72. The number of hydrogen-bond acceptors (Lipinski definition) is 6. The molecular weight excluding hydrogens is 925 g/mol. The van der Waals surface area contributed by atoms with Crippen LogP contribution in [0.15, 0.2) is 12.2 Å². The fourth-order valence-corrected chi connectivity index (χ4v) is 10.6.